The van der Waals surface area contributed by atoms with Crippen LogP contribution in [-0.2, 0) is 0 Å². The maximum atomic E-state index is 16.9. The topological polar surface area (TPSA) is 95.9 Å². The third-order valence-electron chi connectivity index (χ3n) is 9.69. The van der Waals surface area contributed by atoms with E-state index in [2.05, 4.69) is 37.9 Å². The molecule has 4 aliphatic heterocycles. The molecular weight excluding hydrogens is 585 g/mol. The number of pyridine rings is 1. The number of rotatable bonds is 4. The summed E-state index contributed by atoms with van der Waals surface area (Å²) < 4.78 is 58.7. The number of aromatic nitrogens is 3. The van der Waals surface area contributed by atoms with Crippen LogP contribution in [0, 0.1) is 24.0 Å². The van der Waals surface area contributed by atoms with Gasteiger partial charge < -0.3 is 24.8 Å². The Morgan fingerprint density at radius 2 is 2.07 bits per heavy atom. The Kier molecular flexibility index (Phi) is 6.48. The number of benzene rings is 2. The number of terminal acetylenes is 1. The minimum atomic E-state index is -0.931. The molecule has 0 aliphatic carbocycles. The van der Waals surface area contributed by atoms with E-state index < -0.39 is 23.3 Å². The molecule has 3 saturated heterocycles. The molecule has 4 atom stereocenters. The molecule has 0 bridgehead atoms. The van der Waals surface area contributed by atoms with Crippen molar-refractivity contribution in [1.82, 2.24) is 25.2 Å². The van der Waals surface area contributed by atoms with Gasteiger partial charge in [-0.25, -0.2) is 18.2 Å². The first-order valence-electron chi connectivity index (χ1n) is 15.2. The summed E-state index contributed by atoms with van der Waals surface area (Å²) in [5, 5.41) is 15.0. The average molecular weight is 617 g/mol. The van der Waals surface area contributed by atoms with Crippen molar-refractivity contribution < 1.29 is 27.8 Å². The van der Waals surface area contributed by atoms with Gasteiger partial charge in [-0.15, -0.1) is 6.42 Å². The first-order valence-corrected chi connectivity index (χ1v) is 15.2. The van der Waals surface area contributed by atoms with Gasteiger partial charge in [-0.05, 0) is 49.9 Å². The molecule has 2 aromatic heterocycles. The molecule has 45 heavy (non-hydrogen) atoms. The van der Waals surface area contributed by atoms with Crippen LogP contribution >= 0.6 is 0 Å². The monoisotopic (exact) mass is 616 g/mol. The minimum Gasteiger partial charge on any atom is -0.508 e. The number of phenols is 1. The zero-order valence-corrected chi connectivity index (χ0v) is 24.6. The van der Waals surface area contributed by atoms with Crippen LogP contribution in [0.3, 0.4) is 0 Å². The molecule has 2 aromatic carbocycles. The van der Waals surface area contributed by atoms with E-state index in [1.54, 1.807) is 0 Å². The maximum absolute atomic E-state index is 16.9. The molecule has 9 nitrogen and oxygen atoms in total. The van der Waals surface area contributed by atoms with Crippen molar-refractivity contribution in [3.8, 4) is 41.2 Å². The molecule has 0 spiro atoms. The van der Waals surface area contributed by atoms with Gasteiger partial charge in [0.2, 0.25) is 5.88 Å². The Morgan fingerprint density at radius 3 is 2.91 bits per heavy atom. The van der Waals surface area contributed by atoms with E-state index in [1.807, 2.05) is 0 Å². The minimum absolute atomic E-state index is 0.0361. The van der Waals surface area contributed by atoms with Gasteiger partial charge in [-0.2, -0.15) is 9.97 Å². The second-order valence-electron chi connectivity index (χ2n) is 12.6. The van der Waals surface area contributed by atoms with Gasteiger partial charge in [-0.3, -0.25) is 4.90 Å². The van der Waals surface area contributed by atoms with Crippen molar-refractivity contribution in [1.29, 1.82) is 0 Å². The number of anilines is 1. The average Bonchev–Trinajstić information content (AvgIpc) is 3.50. The zero-order chi connectivity index (χ0) is 31.0. The van der Waals surface area contributed by atoms with E-state index in [1.165, 1.54) is 24.3 Å². The molecule has 12 heteroatoms. The maximum Gasteiger partial charge on any atom is 0.319 e. The first kappa shape index (κ1) is 28.2. The van der Waals surface area contributed by atoms with Gasteiger partial charge in [-0.1, -0.05) is 12.0 Å². The van der Waals surface area contributed by atoms with E-state index in [4.69, 9.17) is 20.9 Å². The van der Waals surface area contributed by atoms with Crippen molar-refractivity contribution in [2.75, 3.05) is 44.3 Å². The van der Waals surface area contributed by atoms with Gasteiger partial charge >= 0.3 is 6.01 Å². The number of hydrogen-bond acceptors (Lipinski definition) is 9. The molecule has 6 heterocycles. The normalized spacial score (nSPS) is 25.9. The molecule has 2 N–H and O–H groups in total. The van der Waals surface area contributed by atoms with Crippen molar-refractivity contribution in [2.45, 2.75) is 50.0 Å². The highest BCUT2D eigenvalue weighted by atomic mass is 19.1. The predicted octanol–water partition coefficient (Wildman–Crippen LogP) is 4.32. The smallest absolute Gasteiger partial charge is 0.319 e. The number of nitrogens with zero attached hydrogens (tertiary/aromatic N) is 5. The van der Waals surface area contributed by atoms with Crippen LogP contribution in [-0.4, -0.2) is 88.1 Å². The van der Waals surface area contributed by atoms with Gasteiger partial charge in [0, 0.05) is 43.0 Å². The number of aromatic hydroxyl groups is 1. The van der Waals surface area contributed by atoms with Crippen LogP contribution in [0.5, 0.6) is 17.6 Å². The Bertz CT molecular complexity index is 1920. The predicted molar refractivity (Wildman–Crippen MR) is 162 cm³/mol. The Morgan fingerprint density at radius 1 is 1.20 bits per heavy atom. The number of alkyl halides is 1. The highest BCUT2D eigenvalue weighted by Gasteiger charge is 2.49. The Labute approximate surface area is 257 Å². The number of halogens is 3. The Hall–Kier alpha value is -4.34. The van der Waals surface area contributed by atoms with E-state index in [0.29, 0.717) is 42.6 Å². The van der Waals surface area contributed by atoms with Crippen LogP contribution in [0.1, 0.15) is 31.7 Å². The van der Waals surface area contributed by atoms with Crippen LogP contribution in [0.2, 0.25) is 0 Å². The largest absolute Gasteiger partial charge is 0.508 e. The van der Waals surface area contributed by atoms with Gasteiger partial charge in [0.1, 0.15) is 53.4 Å². The van der Waals surface area contributed by atoms with Crippen molar-refractivity contribution in [3.63, 3.8) is 0 Å². The zero-order valence-electron chi connectivity index (χ0n) is 24.6. The number of fused-ring (bicyclic) bond motifs is 4. The van der Waals surface area contributed by atoms with Gasteiger partial charge in [0.05, 0.1) is 17.1 Å². The third kappa shape index (κ3) is 4.43. The van der Waals surface area contributed by atoms with Crippen molar-refractivity contribution in [3.05, 3.63) is 41.5 Å². The fourth-order valence-corrected chi connectivity index (χ4v) is 7.60. The second-order valence-corrected chi connectivity index (χ2v) is 12.6. The summed E-state index contributed by atoms with van der Waals surface area (Å²) in [4.78, 5) is 18.2. The number of ether oxygens (including phenoxy) is 2. The lowest BCUT2D eigenvalue weighted by Crippen LogP contribution is -2.57. The summed E-state index contributed by atoms with van der Waals surface area (Å²) in [6.45, 7) is 4.81. The lowest BCUT2D eigenvalue weighted by atomic mass is 9.95. The summed E-state index contributed by atoms with van der Waals surface area (Å²) in [6, 6.07) is 5.35. The highest BCUT2D eigenvalue weighted by molar-refractivity contribution is 6.04. The molecule has 0 radical (unpaired) electrons. The molecular formula is C33H31F3N6O3. The highest BCUT2D eigenvalue weighted by Crippen LogP contribution is 2.44. The summed E-state index contributed by atoms with van der Waals surface area (Å²) in [7, 11) is 0. The second kappa shape index (κ2) is 10.4. The summed E-state index contributed by atoms with van der Waals surface area (Å²) >= 11 is 0. The number of nitrogens with one attached hydrogen (secondary N) is 1. The number of phenolic OH excluding ortho intramolecular Hbond substituents is 1. The molecule has 0 unspecified atom stereocenters. The molecule has 8 rings (SSSR count). The molecule has 4 aliphatic rings. The van der Waals surface area contributed by atoms with Crippen LogP contribution < -0.4 is 19.7 Å². The number of hydrogen-bond donors (Lipinski definition) is 2. The summed E-state index contributed by atoms with van der Waals surface area (Å²) in [5.74, 6) is 1.26. The number of piperazine rings is 1. The fourth-order valence-electron chi connectivity index (χ4n) is 7.60. The Balaban J connectivity index is 1.33. The fraction of sp³-hybridized carbons (Fsp3) is 0.424. The quantitative estimate of drug-likeness (QED) is 0.325. The van der Waals surface area contributed by atoms with E-state index >= 15 is 4.39 Å². The van der Waals surface area contributed by atoms with E-state index in [-0.39, 0.29) is 70.7 Å². The van der Waals surface area contributed by atoms with Crippen LogP contribution in [0.4, 0.5) is 19.0 Å². The van der Waals surface area contributed by atoms with E-state index in [0.717, 1.165) is 19.4 Å². The lowest BCUT2D eigenvalue weighted by molar-refractivity contribution is 0.107. The molecule has 0 amide bonds. The van der Waals surface area contributed by atoms with Crippen molar-refractivity contribution >= 4 is 27.5 Å². The molecule has 3 fully saturated rings. The molecule has 232 valence electrons. The van der Waals surface area contributed by atoms with Crippen LogP contribution in [0.25, 0.3) is 32.9 Å². The SMILES string of the molecule is C#Cc1c(F)ccc2cc(O)cc(-c3nc4c5c(nc(OC[C@@]67CCCN6C[C@H](F)C7)nc5c3F)N3C[C@H](C)NC[C@H]3CO4)c12. The molecule has 4 aromatic rings. The van der Waals surface area contributed by atoms with E-state index in [9.17, 15) is 13.9 Å². The van der Waals surface area contributed by atoms with Crippen molar-refractivity contribution in [2.24, 2.45) is 0 Å². The molecule has 0 saturated carbocycles. The lowest BCUT2D eigenvalue weighted by Gasteiger charge is -2.38. The van der Waals surface area contributed by atoms with Gasteiger partial charge in [0.15, 0.2) is 5.82 Å². The third-order valence-corrected chi connectivity index (χ3v) is 9.69. The summed E-state index contributed by atoms with van der Waals surface area (Å²) in [5.41, 5.74) is -0.739. The standard InChI is InChI=1S/C33H31F3N6O3/c1-3-22-24(35)6-5-18-9-21(43)10-23(25(18)22)28-27(36)29-26-30(42-13-17(2)37-12-20(42)15-44-31(26)38-28)40-32(39-29)45-16-33-7-4-8-41(33)14-19(34)11-33/h1,5-6,9-10,17,19-20,37,43H,4,7-8,11-16H2,2H3/t17-,19+,20-,33-/m0/s1. The van der Waals surface area contributed by atoms with Crippen LogP contribution in [0.15, 0.2) is 24.3 Å². The van der Waals surface area contributed by atoms with Gasteiger partial charge in [0.25, 0.3) is 0 Å². The first-order chi connectivity index (χ1) is 21.7. The summed E-state index contributed by atoms with van der Waals surface area (Å²) in [6.07, 6.45) is 6.87.